The first kappa shape index (κ1) is 9.45. The van der Waals surface area contributed by atoms with Gasteiger partial charge in [0.05, 0.1) is 0 Å². The lowest BCUT2D eigenvalue weighted by Crippen LogP contribution is -2.21. The highest BCUT2D eigenvalue weighted by atomic mass is 32.1. The van der Waals surface area contributed by atoms with Gasteiger partial charge in [-0.2, -0.15) is 12.6 Å². The van der Waals surface area contributed by atoms with E-state index in [1.165, 1.54) is 0 Å². The lowest BCUT2D eigenvalue weighted by atomic mass is 10.3. The predicted octanol–water partition coefficient (Wildman–Crippen LogP) is 0.897. The third-order valence-electron chi connectivity index (χ3n) is 1.82. The molecule has 0 aliphatic rings. The maximum atomic E-state index is 11.3. The normalized spacial score (nSPS) is 10.5. The van der Waals surface area contributed by atoms with Crippen LogP contribution in [0.2, 0.25) is 0 Å². The largest absolute Gasteiger partial charge is 0.327 e. The van der Waals surface area contributed by atoms with E-state index in [2.05, 4.69) is 12.6 Å². The molecule has 0 unspecified atom stereocenters. The molecule has 0 fully saturated rings. The topological polar surface area (TPSA) is 26.9 Å². The fourth-order valence-electron chi connectivity index (χ4n) is 1.07. The number of aromatic nitrogens is 2. The third-order valence-corrected chi connectivity index (χ3v) is 2.14. The van der Waals surface area contributed by atoms with Crippen molar-refractivity contribution in [3.05, 3.63) is 22.9 Å². The second-order valence-electron chi connectivity index (χ2n) is 2.82. The number of aryl methyl sites for hydroxylation is 2. The summed E-state index contributed by atoms with van der Waals surface area (Å²) in [7, 11) is 1.76. The van der Waals surface area contributed by atoms with Crippen molar-refractivity contribution in [2.75, 3.05) is 5.75 Å². The highest BCUT2D eigenvalue weighted by Crippen LogP contribution is 1.94. The van der Waals surface area contributed by atoms with Crippen LogP contribution in [-0.4, -0.2) is 14.9 Å². The minimum absolute atomic E-state index is 0.0640. The molecule has 0 saturated heterocycles. The van der Waals surface area contributed by atoms with Crippen LogP contribution in [0, 0.1) is 0 Å². The summed E-state index contributed by atoms with van der Waals surface area (Å²) < 4.78 is 3.31. The second-order valence-corrected chi connectivity index (χ2v) is 3.26. The van der Waals surface area contributed by atoms with E-state index in [1.54, 1.807) is 22.4 Å². The number of hydrogen-bond acceptors (Lipinski definition) is 2. The molecule has 3 nitrogen and oxygen atoms in total. The van der Waals surface area contributed by atoms with Crippen molar-refractivity contribution in [3.8, 4) is 0 Å². The Morgan fingerprint density at radius 1 is 1.42 bits per heavy atom. The molecule has 1 aromatic rings. The number of nitrogens with zero attached hydrogens (tertiary/aromatic N) is 2. The zero-order valence-corrected chi connectivity index (χ0v) is 8.13. The van der Waals surface area contributed by atoms with Crippen molar-refractivity contribution in [1.29, 1.82) is 0 Å². The maximum Gasteiger partial charge on any atom is 0.327 e. The molecule has 12 heavy (non-hydrogen) atoms. The molecule has 0 aromatic carbocycles. The molecular weight excluding hydrogens is 172 g/mol. The van der Waals surface area contributed by atoms with Crippen LogP contribution in [0.1, 0.15) is 12.8 Å². The summed E-state index contributed by atoms with van der Waals surface area (Å²) in [4.78, 5) is 11.3. The fourth-order valence-corrected chi connectivity index (χ4v) is 1.30. The average Bonchev–Trinajstić information content (AvgIpc) is 2.36. The quantitative estimate of drug-likeness (QED) is 0.549. The van der Waals surface area contributed by atoms with Crippen LogP contribution >= 0.6 is 12.6 Å². The van der Waals surface area contributed by atoms with Gasteiger partial charge in [-0.3, -0.25) is 4.57 Å². The van der Waals surface area contributed by atoms with Gasteiger partial charge in [0.2, 0.25) is 0 Å². The van der Waals surface area contributed by atoms with Crippen LogP contribution < -0.4 is 5.69 Å². The summed E-state index contributed by atoms with van der Waals surface area (Å²) in [6.07, 6.45) is 5.68. The van der Waals surface area contributed by atoms with Crippen LogP contribution in [0.5, 0.6) is 0 Å². The Morgan fingerprint density at radius 2 is 2.17 bits per heavy atom. The van der Waals surface area contributed by atoms with Crippen molar-refractivity contribution in [2.24, 2.45) is 7.05 Å². The van der Waals surface area contributed by atoms with Gasteiger partial charge in [0.1, 0.15) is 0 Å². The number of hydrogen-bond donors (Lipinski definition) is 1. The SMILES string of the molecule is Cn1ccn(CCCCS)c1=O. The Labute approximate surface area is 77.4 Å². The molecule has 0 saturated carbocycles. The summed E-state index contributed by atoms with van der Waals surface area (Å²) in [6, 6.07) is 0. The van der Waals surface area contributed by atoms with E-state index < -0.39 is 0 Å². The highest BCUT2D eigenvalue weighted by Gasteiger charge is 1.97. The summed E-state index contributed by atoms with van der Waals surface area (Å²) in [5.74, 6) is 0.890. The van der Waals surface area contributed by atoms with Crippen LogP contribution in [0.3, 0.4) is 0 Å². The fraction of sp³-hybridized carbons (Fsp3) is 0.625. The predicted molar refractivity (Wildman–Crippen MR) is 52.8 cm³/mol. The van der Waals surface area contributed by atoms with E-state index in [9.17, 15) is 4.79 Å². The van der Waals surface area contributed by atoms with Gasteiger partial charge in [-0.25, -0.2) is 4.79 Å². The zero-order valence-electron chi connectivity index (χ0n) is 7.23. The van der Waals surface area contributed by atoms with Crippen LogP contribution in [-0.2, 0) is 13.6 Å². The minimum Gasteiger partial charge on any atom is -0.302 e. The molecule has 0 aliphatic carbocycles. The molecule has 1 heterocycles. The third kappa shape index (κ3) is 2.17. The molecule has 0 amide bonds. The average molecular weight is 186 g/mol. The first-order valence-electron chi connectivity index (χ1n) is 4.08. The van der Waals surface area contributed by atoms with Gasteiger partial charge in [0, 0.05) is 26.0 Å². The van der Waals surface area contributed by atoms with Gasteiger partial charge < -0.3 is 4.57 Å². The van der Waals surface area contributed by atoms with Crippen molar-refractivity contribution in [3.63, 3.8) is 0 Å². The Hall–Kier alpha value is -0.640. The highest BCUT2D eigenvalue weighted by molar-refractivity contribution is 7.80. The Balaban J connectivity index is 2.52. The Bertz CT molecular complexity index is 289. The van der Waals surface area contributed by atoms with E-state index in [4.69, 9.17) is 0 Å². The molecule has 0 aliphatic heterocycles. The van der Waals surface area contributed by atoms with Crippen LogP contribution in [0.4, 0.5) is 0 Å². The van der Waals surface area contributed by atoms with Gasteiger partial charge in [-0.05, 0) is 18.6 Å². The number of rotatable bonds is 4. The molecule has 4 heteroatoms. The molecule has 0 atom stereocenters. The first-order chi connectivity index (χ1) is 5.75. The first-order valence-corrected chi connectivity index (χ1v) is 4.71. The standard InChI is InChI=1S/C8H14N2OS/c1-9-5-6-10(8(9)11)4-2-3-7-12/h5-6,12H,2-4,7H2,1H3. The van der Waals surface area contributed by atoms with Gasteiger partial charge >= 0.3 is 5.69 Å². The monoisotopic (exact) mass is 186 g/mol. The van der Waals surface area contributed by atoms with Crippen LogP contribution in [0.15, 0.2) is 17.2 Å². The molecule has 0 N–H and O–H groups in total. The lowest BCUT2D eigenvalue weighted by Gasteiger charge is -1.98. The van der Waals surface area contributed by atoms with Crippen molar-refractivity contribution in [1.82, 2.24) is 9.13 Å². The summed E-state index contributed by atoms with van der Waals surface area (Å²) >= 11 is 4.11. The number of thiol groups is 1. The van der Waals surface area contributed by atoms with Crippen molar-refractivity contribution in [2.45, 2.75) is 19.4 Å². The van der Waals surface area contributed by atoms with Gasteiger partial charge in [-0.15, -0.1) is 0 Å². The van der Waals surface area contributed by atoms with E-state index >= 15 is 0 Å². The van der Waals surface area contributed by atoms with E-state index in [0.29, 0.717) is 0 Å². The van der Waals surface area contributed by atoms with Crippen LogP contribution in [0.25, 0.3) is 0 Å². The smallest absolute Gasteiger partial charge is 0.302 e. The lowest BCUT2D eigenvalue weighted by molar-refractivity contribution is 0.604. The number of unbranched alkanes of at least 4 members (excludes halogenated alkanes) is 1. The van der Waals surface area contributed by atoms with E-state index in [1.807, 2.05) is 6.20 Å². The molecule has 0 radical (unpaired) electrons. The summed E-state index contributed by atoms with van der Waals surface area (Å²) in [5.41, 5.74) is 0.0640. The maximum absolute atomic E-state index is 11.3. The Morgan fingerprint density at radius 3 is 2.67 bits per heavy atom. The van der Waals surface area contributed by atoms with Crippen molar-refractivity contribution >= 4 is 12.6 Å². The van der Waals surface area contributed by atoms with Gasteiger partial charge in [0.25, 0.3) is 0 Å². The number of imidazole rings is 1. The second kappa shape index (κ2) is 4.40. The van der Waals surface area contributed by atoms with E-state index in [0.717, 1.165) is 25.1 Å². The van der Waals surface area contributed by atoms with Gasteiger partial charge in [0.15, 0.2) is 0 Å². The summed E-state index contributed by atoms with van der Waals surface area (Å²) in [5, 5.41) is 0. The minimum atomic E-state index is 0.0640. The van der Waals surface area contributed by atoms with E-state index in [-0.39, 0.29) is 5.69 Å². The molecule has 0 spiro atoms. The molecule has 1 aromatic heterocycles. The van der Waals surface area contributed by atoms with Crippen molar-refractivity contribution < 1.29 is 0 Å². The summed E-state index contributed by atoms with van der Waals surface area (Å²) in [6.45, 7) is 0.806. The van der Waals surface area contributed by atoms with Gasteiger partial charge in [-0.1, -0.05) is 0 Å². The Kier molecular flexibility index (Phi) is 3.47. The molecular formula is C8H14N2OS. The molecule has 68 valence electrons. The molecule has 0 bridgehead atoms. The zero-order chi connectivity index (χ0) is 8.97. The molecule has 1 rings (SSSR count).